The van der Waals surface area contributed by atoms with Gasteiger partial charge in [0.1, 0.15) is 11.4 Å². The minimum absolute atomic E-state index is 0.117. The summed E-state index contributed by atoms with van der Waals surface area (Å²) in [4.78, 5) is 32.8. The summed E-state index contributed by atoms with van der Waals surface area (Å²) in [5, 5.41) is 5.39. The average Bonchev–Trinajstić information content (AvgIpc) is 3.10. The SMILES string of the molecule is COc1ccc(CCN2CCN(C(=O)CCc3c(C)c4c(C)nn(C)c4[nH]c3=O)CC2)cc1. The van der Waals surface area contributed by atoms with E-state index in [0.29, 0.717) is 18.4 Å². The van der Waals surface area contributed by atoms with Crippen LogP contribution >= 0.6 is 0 Å². The Morgan fingerprint density at radius 1 is 1.09 bits per heavy atom. The van der Waals surface area contributed by atoms with E-state index >= 15 is 0 Å². The zero-order valence-electron chi connectivity index (χ0n) is 20.0. The van der Waals surface area contributed by atoms with Crippen LogP contribution in [0.1, 0.15) is 28.8 Å². The van der Waals surface area contributed by atoms with Gasteiger partial charge in [-0.2, -0.15) is 5.10 Å². The van der Waals surface area contributed by atoms with E-state index in [-0.39, 0.29) is 11.5 Å². The topological polar surface area (TPSA) is 83.5 Å². The van der Waals surface area contributed by atoms with E-state index in [1.165, 1.54) is 5.56 Å². The van der Waals surface area contributed by atoms with Crippen LogP contribution in [-0.2, 0) is 24.7 Å². The maximum atomic E-state index is 12.8. The Labute approximate surface area is 194 Å². The summed E-state index contributed by atoms with van der Waals surface area (Å²) in [5.74, 6) is 0.991. The number of aromatic amines is 1. The third kappa shape index (κ3) is 4.95. The second-order valence-corrected chi connectivity index (χ2v) is 8.81. The number of methoxy groups -OCH3 is 1. The molecule has 0 bridgehead atoms. The van der Waals surface area contributed by atoms with Crippen molar-refractivity contribution in [2.75, 3.05) is 39.8 Å². The number of benzene rings is 1. The molecular weight excluding hydrogens is 418 g/mol. The molecule has 0 saturated carbocycles. The Morgan fingerprint density at radius 2 is 1.79 bits per heavy atom. The quantitative estimate of drug-likeness (QED) is 0.596. The average molecular weight is 452 g/mol. The zero-order valence-corrected chi connectivity index (χ0v) is 20.0. The van der Waals surface area contributed by atoms with Gasteiger partial charge in [0.15, 0.2) is 0 Å². The second-order valence-electron chi connectivity index (χ2n) is 8.81. The third-order valence-electron chi connectivity index (χ3n) is 6.75. The van der Waals surface area contributed by atoms with Crippen LogP contribution in [0.3, 0.4) is 0 Å². The highest BCUT2D eigenvalue weighted by atomic mass is 16.5. The van der Waals surface area contributed by atoms with E-state index < -0.39 is 0 Å². The maximum absolute atomic E-state index is 12.8. The molecule has 0 radical (unpaired) electrons. The number of carbonyl (C=O) groups is 1. The number of nitrogens with one attached hydrogen (secondary N) is 1. The third-order valence-corrected chi connectivity index (χ3v) is 6.75. The summed E-state index contributed by atoms with van der Waals surface area (Å²) in [6, 6.07) is 8.19. The van der Waals surface area contributed by atoms with Gasteiger partial charge in [-0.05, 0) is 49.9 Å². The van der Waals surface area contributed by atoms with Crippen molar-refractivity contribution < 1.29 is 9.53 Å². The van der Waals surface area contributed by atoms with Gasteiger partial charge in [-0.1, -0.05) is 12.1 Å². The Hall–Kier alpha value is -3.13. The number of hydrogen-bond donors (Lipinski definition) is 1. The summed E-state index contributed by atoms with van der Waals surface area (Å²) < 4.78 is 6.91. The van der Waals surface area contributed by atoms with Crippen LogP contribution in [-0.4, -0.2) is 70.3 Å². The van der Waals surface area contributed by atoms with Gasteiger partial charge in [-0.3, -0.25) is 19.2 Å². The fourth-order valence-corrected chi connectivity index (χ4v) is 4.75. The van der Waals surface area contributed by atoms with Crippen molar-refractivity contribution in [3.05, 3.63) is 57.0 Å². The number of pyridine rings is 1. The van der Waals surface area contributed by atoms with Gasteiger partial charge in [0, 0.05) is 57.1 Å². The number of piperazine rings is 1. The molecular formula is C25H33N5O3. The number of ether oxygens (including phenoxy) is 1. The first kappa shape index (κ1) is 23.0. The Kier molecular flexibility index (Phi) is 6.83. The summed E-state index contributed by atoms with van der Waals surface area (Å²) in [7, 11) is 3.50. The summed E-state index contributed by atoms with van der Waals surface area (Å²) >= 11 is 0. The lowest BCUT2D eigenvalue weighted by Crippen LogP contribution is -2.49. The van der Waals surface area contributed by atoms with Gasteiger partial charge in [0.05, 0.1) is 12.8 Å². The van der Waals surface area contributed by atoms with E-state index in [4.69, 9.17) is 4.74 Å². The fraction of sp³-hybridized carbons (Fsp3) is 0.480. The fourth-order valence-electron chi connectivity index (χ4n) is 4.75. The van der Waals surface area contributed by atoms with Crippen molar-refractivity contribution in [2.45, 2.75) is 33.1 Å². The number of carbonyl (C=O) groups excluding carboxylic acids is 1. The van der Waals surface area contributed by atoms with E-state index in [1.54, 1.807) is 11.8 Å². The number of nitrogens with zero attached hydrogens (tertiary/aromatic N) is 4. The number of H-pyrrole nitrogens is 1. The molecule has 8 heteroatoms. The molecule has 1 amide bonds. The van der Waals surface area contributed by atoms with Crippen molar-refractivity contribution in [3.8, 4) is 5.75 Å². The summed E-state index contributed by atoms with van der Waals surface area (Å²) in [6.07, 6.45) is 1.78. The Bertz CT molecular complexity index is 1190. The van der Waals surface area contributed by atoms with Crippen LogP contribution in [0, 0.1) is 13.8 Å². The first-order chi connectivity index (χ1) is 15.9. The van der Waals surface area contributed by atoms with Gasteiger partial charge >= 0.3 is 0 Å². The number of fused-ring (bicyclic) bond motifs is 1. The molecule has 1 aliphatic rings. The molecule has 0 unspecified atom stereocenters. The predicted octanol–water partition coefficient (Wildman–Crippen LogP) is 2.21. The molecule has 8 nitrogen and oxygen atoms in total. The maximum Gasteiger partial charge on any atom is 0.253 e. The highest BCUT2D eigenvalue weighted by molar-refractivity contribution is 5.83. The lowest BCUT2D eigenvalue weighted by atomic mass is 10.0. The highest BCUT2D eigenvalue weighted by Crippen LogP contribution is 2.21. The van der Waals surface area contributed by atoms with E-state index in [9.17, 15) is 9.59 Å². The van der Waals surface area contributed by atoms with Crippen LogP contribution < -0.4 is 10.3 Å². The largest absolute Gasteiger partial charge is 0.497 e. The van der Waals surface area contributed by atoms with Gasteiger partial charge in [0.2, 0.25) is 5.91 Å². The number of amides is 1. The van der Waals surface area contributed by atoms with Crippen LogP contribution in [0.4, 0.5) is 0 Å². The molecule has 33 heavy (non-hydrogen) atoms. The summed E-state index contributed by atoms with van der Waals surface area (Å²) in [6.45, 7) is 8.09. The predicted molar refractivity (Wildman–Crippen MR) is 129 cm³/mol. The van der Waals surface area contributed by atoms with E-state index in [1.807, 2.05) is 37.9 Å². The minimum Gasteiger partial charge on any atom is -0.497 e. The highest BCUT2D eigenvalue weighted by Gasteiger charge is 2.22. The lowest BCUT2D eigenvalue weighted by molar-refractivity contribution is -0.132. The van der Waals surface area contributed by atoms with Crippen LogP contribution in [0.25, 0.3) is 11.0 Å². The molecule has 3 heterocycles. The zero-order chi connectivity index (χ0) is 23.5. The molecule has 2 aromatic heterocycles. The van der Waals surface area contributed by atoms with Gasteiger partial charge < -0.3 is 14.6 Å². The first-order valence-electron chi connectivity index (χ1n) is 11.6. The Morgan fingerprint density at radius 3 is 2.45 bits per heavy atom. The number of hydrogen-bond acceptors (Lipinski definition) is 5. The molecule has 1 fully saturated rings. The van der Waals surface area contributed by atoms with Crippen molar-refractivity contribution in [2.24, 2.45) is 7.05 Å². The molecule has 3 aromatic rings. The van der Waals surface area contributed by atoms with Crippen molar-refractivity contribution in [3.63, 3.8) is 0 Å². The monoisotopic (exact) mass is 451 g/mol. The molecule has 1 saturated heterocycles. The number of aromatic nitrogens is 3. The molecule has 176 valence electrons. The molecule has 1 aromatic carbocycles. The summed E-state index contributed by atoms with van der Waals surface area (Å²) in [5.41, 5.74) is 4.39. The van der Waals surface area contributed by atoms with Gasteiger partial charge in [0.25, 0.3) is 5.56 Å². The molecule has 4 rings (SSSR count). The van der Waals surface area contributed by atoms with E-state index in [2.05, 4.69) is 27.1 Å². The smallest absolute Gasteiger partial charge is 0.253 e. The van der Waals surface area contributed by atoms with Crippen molar-refractivity contribution in [1.82, 2.24) is 24.6 Å². The van der Waals surface area contributed by atoms with Crippen molar-refractivity contribution >= 4 is 16.9 Å². The van der Waals surface area contributed by atoms with Crippen molar-refractivity contribution in [1.29, 1.82) is 0 Å². The second kappa shape index (κ2) is 9.79. The lowest BCUT2D eigenvalue weighted by Gasteiger charge is -2.34. The van der Waals surface area contributed by atoms with Gasteiger partial charge in [-0.25, -0.2) is 0 Å². The molecule has 1 N–H and O–H groups in total. The van der Waals surface area contributed by atoms with Crippen LogP contribution in [0.15, 0.2) is 29.1 Å². The van der Waals surface area contributed by atoms with Crippen LogP contribution in [0.5, 0.6) is 5.75 Å². The Balaban J connectivity index is 1.29. The van der Waals surface area contributed by atoms with Gasteiger partial charge in [-0.15, -0.1) is 0 Å². The molecule has 1 aliphatic heterocycles. The van der Waals surface area contributed by atoms with Crippen LogP contribution in [0.2, 0.25) is 0 Å². The number of rotatable bonds is 7. The molecule has 0 spiro atoms. The molecule has 0 atom stereocenters. The normalized spacial score (nSPS) is 14.7. The standard InChI is InChI=1S/C25H33N5O3/c1-17-21(25(32)26-24-23(17)18(2)27-28(24)3)9-10-22(31)30-15-13-29(14-16-30)12-11-19-5-7-20(33-4)8-6-19/h5-8H,9-16H2,1-4H3,(H,26,32). The molecule has 0 aliphatic carbocycles. The number of aryl methyl sites for hydroxylation is 3. The van der Waals surface area contributed by atoms with E-state index in [0.717, 1.165) is 67.2 Å². The minimum atomic E-state index is -0.126. The first-order valence-corrected chi connectivity index (χ1v) is 11.6.